The lowest BCUT2D eigenvalue weighted by Crippen LogP contribution is -2.52. The highest BCUT2D eigenvalue weighted by atomic mass is 19.1. The Morgan fingerprint density at radius 3 is 2.62 bits per heavy atom. The van der Waals surface area contributed by atoms with Gasteiger partial charge in [-0.1, -0.05) is 18.9 Å². The highest BCUT2D eigenvalue weighted by molar-refractivity contribution is 5.92. The second-order valence-electron chi connectivity index (χ2n) is 5.53. The van der Waals surface area contributed by atoms with Crippen LogP contribution < -0.4 is 10.2 Å². The monoisotopic (exact) mass is 294 g/mol. The van der Waals surface area contributed by atoms with E-state index in [0.29, 0.717) is 18.5 Å². The fraction of sp³-hybridized carbons (Fsp3) is 0.467. The van der Waals surface area contributed by atoms with Crippen molar-refractivity contribution in [3.8, 4) is 0 Å². The number of carboxylic acids is 1. The number of hydrogen-bond acceptors (Lipinski definition) is 2. The molecule has 0 spiro atoms. The summed E-state index contributed by atoms with van der Waals surface area (Å²) in [4.78, 5) is 24.6. The van der Waals surface area contributed by atoms with Gasteiger partial charge in [-0.05, 0) is 31.0 Å². The lowest BCUT2D eigenvalue weighted by Gasteiger charge is -2.31. The number of aliphatic carboxylic acids is 1. The van der Waals surface area contributed by atoms with Crippen molar-refractivity contribution in [1.82, 2.24) is 5.32 Å². The third kappa shape index (κ3) is 3.71. The summed E-state index contributed by atoms with van der Waals surface area (Å²) < 4.78 is 13.2. The molecule has 114 valence electrons. The molecule has 1 fully saturated rings. The highest BCUT2D eigenvalue weighted by Crippen LogP contribution is 2.33. The van der Waals surface area contributed by atoms with Crippen LogP contribution >= 0.6 is 0 Å². The zero-order chi connectivity index (χ0) is 15.5. The van der Waals surface area contributed by atoms with Crippen LogP contribution in [0.3, 0.4) is 0 Å². The second-order valence-corrected chi connectivity index (χ2v) is 5.53. The number of urea groups is 1. The summed E-state index contributed by atoms with van der Waals surface area (Å²) in [7, 11) is 1.54. The Kier molecular flexibility index (Phi) is 4.45. The van der Waals surface area contributed by atoms with E-state index in [1.165, 1.54) is 30.1 Å². The quantitative estimate of drug-likeness (QED) is 0.897. The molecule has 2 amide bonds. The first-order valence-electron chi connectivity index (χ1n) is 6.95. The summed E-state index contributed by atoms with van der Waals surface area (Å²) in [6, 6.07) is 5.30. The fourth-order valence-corrected chi connectivity index (χ4v) is 2.80. The largest absolute Gasteiger partial charge is 0.481 e. The van der Waals surface area contributed by atoms with Crippen molar-refractivity contribution in [1.29, 1.82) is 0 Å². The average molecular weight is 294 g/mol. The Labute approximate surface area is 122 Å². The average Bonchev–Trinajstić information content (AvgIpc) is 2.85. The predicted molar refractivity (Wildman–Crippen MR) is 76.8 cm³/mol. The lowest BCUT2D eigenvalue weighted by molar-refractivity contribution is -0.138. The molecule has 6 heteroatoms. The molecule has 0 radical (unpaired) electrons. The van der Waals surface area contributed by atoms with Gasteiger partial charge >= 0.3 is 12.0 Å². The number of hydrogen-bond donors (Lipinski definition) is 2. The Morgan fingerprint density at radius 2 is 2.05 bits per heavy atom. The van der Waals surface area contributed by atoms with E-state index >= 15 is 0 Å². The fourth-order valence-electron chi connectivity index (χ4n) is 2.80. The molecule has 1 aliphatic rings. The summed E-state index contributed by atoms with van der Waals surface area (Å²) in [5.74, 6) is -1.35. The zero-order valence-corrected chi connectivity index (χ0v) is 11.9. The smallest absolute Gasteiger partial charge is 0.322 e. The minimum absolute atomic E-state index is 0.0876. The molecule has 2 rings (SSSR count). The van der Waals surface area contributed by atoms with Crippen LogP contribution in [-0.2, 0) is 4.79 Å². The first-order chi connectivity index (χ1) is 9.92. The molecule has 0 aliphatic heterocycles. The summed E-state index contributed by atoms with van der Waals surface area (Å²) in [5, 5.41) is 11.9. The first-order valence-corrected chi connectivity index (χ1v) is 6.95. The van der Waals surface area contributed by atoms with Gasteiger partial charge in [-0.3, -0.25) is 9.69 Å². The molecule has 1 aliphatic carbocycles. The molecule has 21 heavy (non-hydrogen) atoms. The predicted octanol–water partition coefficient (Wildman–Crippen LogP) is 2.76. The zero-order valence-electron chi connectivity index (χ0n) is 11.9. The molecule has 0 heterocycles. The number of nitrogens with one attached hydrogen (secondary N) is 1. The molecule has 2 N–H and O–H groups in total. The number of carboxylic acid groups (broad SMARTS) is 1. The van der Waals surface area contributed by atoms with E-state index in [9.17, 15) is 14.0 Å². The molecule has 0 saturated heterocycles. The molecule has 0 unspecified atom stereocenters. The van der Waals surface area contributed by atoms with E-state index in [-0.39, 0.29) is 6.42 Å². The number of benzene rings is 1. The number of rotatable bonds is 4. The van der Waals surface area contributed by atoms with E-state index in [0.717, 1.165) is 12.8 Å². The minimum Gasteiger partial charge on any atom is -0.481 e. The second kappa shape index (κ2) is 6.11. The van der Waals surface area contributed by atoms with E-state index in [1.807, 2.05) is 0 Å². The minimum atomic E-state index is -0.925. The Bertz CT molecular complexity index is 541. The van der Waals surface area contributed by atoms with E-state index < -0.39 is 23.4 Å². The molecule has 5 nitrogen and oxygen atoms in total. The van der Waals surface area contributed by atoms with E-state index in [4.69, 9.17) is 5.11 Å². The van der Waals surface area contributed by atoms with E-state index in [1.54, 1.807) is 6.07 Å². The van der Waals surface area contributed by atoms with Gasteiger partial charge in [-0.2, -0.15) is 0 Å². The van der Waals surface area contributed by atoms with Crippen molar-refractivity contribution in [3.63, 3.8) is 0 Å². The van der Waals surface area contributed by atoms with Crippen LogP contribution in [0.4, 0.5) is 14.9 Å². The van der Waals surface area contributed by atoms with Crippen LogP contribution in [0.2, 0.25) is 0 Å². The van der Waals surface area contributed by atoms with Crippen LogP contribution in [0, 0.1) is 5.82 Å². The third-order valence-corrected chi connectivity index (χ3v) is 3.92. The Balaban J connectivity index is 2.10. The topological polar surface area (TPSA) is 69.6 Å². The first kappa shape index (κ1) is 15.3. The summed E-state index contributed by atoms with van der Waals surface area (Å²) in [6.07, 6.45) is 3.02. The van der Waals surface area contributed by atoms with Gasteiger partial charge in [-0.15, -0.1) is 0 Å². The normalized spacial score (nSPS) is 16.5. The van der Waals surface area contributed by atoms with Crippen LogP contribution in [0.5, 0.6) is 0 Å². The number of halogens is 1. The van der Waals surface area contributed by atoms with Crippen molar-refractivity contribution in [2.45, 2.75) is 37.6 Å². The number of nitrogens with zero attached hydrogens (tertiary/aromatic N) is 1. The summed E-state index contributed by atoms with van der Waals surface area (Å²) in [5.41, 5.74) is -0.263. The van der Waals surface area contributed by atoms with E-state index in [2.05, 4.69) is 5.32 Å². The van der Waals surface area contributed by atoms with Gasteiger partial charge in [0.2, 0.25) is 0 Å². The van der Waals surface area contributed by atoms with Gasteiger partial charge in [0.1, 0.15) is 5.82 Å². The van der Waals surface area contributed by atoms with Crippen molar-refractivity contribution < 1.29 is 19.1 Å². The molecule has 0 aromatic heterocycles. The molecular weight excluding hydrogens is 275 g/mol. The van der Waals surface area contributed by atoms with Crippen LogP contribution in [0.15, 0.2) is 24.3 Å². The van der Waals surface area contributed by atoms with Gasteiger partial charge < -0.3 is 10.4 Å². The standard InChI is InChI=1S/C15H19FN2O3/c1-18(12-6-4-5-11(16)9-12)14(21)17-15(10-13(19)20)7-2-3-8-15/h4-6,9H,2-3,7-8,10H2,1H3,(H,17,21)(H,19,20). The summed E-state index contributed by atoms with van der Waals surface area (Å²) in [6.45, 7) is 0. The Hall–Kier alpha value is -2.11. The highest BCUT2D eigenvalue weighted by Gasteiger charge is 2.38. The van der Waals surface area contributed by atoms with Gasteiger partial charge in [0.15, 0.2) is 0 Å². The van der Waals surface area contributed by atoms with Gasteiger partial charge in [0.25, 0.3) is 0 Å². The summed E-state index contributed by atoms with van der Waals surface area (Å²) >= 11 is 0. The molecule has 1 aromatic carbocycles. The number of carbonyl (C=O) groups excluding carboxylic acids is 1. The number of anilines is 1. The third-order valence-electron chi connectivity index (χ3n) is 3.92. The maximum atomic E-state index is 13.2. The van der Waals surface area contributed by atoms with Gasteiger partial charge in [-0.25, -0.2) is 9.18 Å². The lowest BCUT2D eigenvalue weighted by atomic mass is 9.93. The van der Waals surface area contributed by atoms with Gasteiger partial charge in [0, 0.05) is 12.7 Å². The SMILES string of the molecule is CN(C(=O)NC1(CC(=O)O)CCCC1)c1cccc(F)c1. The molecular formula is C15H19FN2O3. The Morgan fingerprint density at radius 1 is 1.38 bits per heavy atom. The molecule has 1 aromatic rings. The molecule has 1 saturated carbocycles. The van der Waals surface area contributed by atoms with Gasteiger partial charge in [0.05, 0.1) is 12.0 Å². The van der Waals surface area contributed by atoms with Crippen LogP contribution in [0.25, 0.3) is 0 Å². The number of amides is 2. The maximum Gasteiger partial charge on any atom is 0.322 e. The van der Waals surface area contributed by atoms with Crippen molar-refractivity contribution in [2.24, 2.45) is 0 Å². The molecule has 0 atom stereocenters. The van der Waals surface area contributed by atoms with Crippen molar-refractivity contribution >= 4 is 17.7 Å². The number of carbonyl (C=O) groups is 2. The van der Waals surface area contributed by atoms with Crippen LogP contribution in [0.1, 0.15) is 32.1 Å². The molecule has 0 bridgehead atoms. The van der Waals surface area contributed by atoms with Crippen molar-refractivity contribution in [2.75, 3.05) is 11.9 Å². The van der Waals surface area contributed by atoms with Crippen molar-refractivity contribution in [3.05, 3.63) is 30.1 Å². The maximum absolute atomic E-state index is 13.2. The van der Waals surface area contributed by atoms with Crippen LogP contribution in [-0.4, -0.2) is 29.7 Å².